The first-order valence-corrected chi connectivity index (χ1v) is 8.41. The summed E-state index contributed by atoms with van der Waals surface area (Å²) in [5.74, 6) is 1.17. The average molecular weight is 318 g/mol. The molecule has 0 saturated heterocycles. The largest absolute Gasteiger partial charge is 0.399 e. The summed E-state index contributed by atoms with van der Waals surface area (Å²) in [7, 11) is 0. The van der Waals surface area contributed by atoms with E-state index in [2.05, 4.69) is 18.2 Å². The maximum Gasteiger partial charge on any atom is 0.191 e. The van der Waals surface area contributed by atoms with Crippen LogP contribution in [-0.2, 0) is 0 Å². The predicted octanol–water partition coefficient (Wildman–Crippen LogP) is 2.84. The van der Waals surface area contributed by atoms with Crippen molar-refractivity contribution in [2.75, 3.05) is 11.5 Å². The van der Waals surface area contributed by atoms with Crippen LogP contribution in [-0.4, -0.2) is 11.5 Å². The van der Waals surface area contributed by atoms with Crippen LogP contribution in [0, 0.1) is 45.3 Å². The Bertz CT molecular complexity index is 803. The van der Waals surface area contributed by atoms with Crippen molar-refractivity contribution in [2.45, 2.75) is 5.92 Å². The maximum atomic E-state index is 9.82. The van der Waals surface area contributed by atoms with Gasteiger partial charge in [-0.05, 0) is 11.1 Å². The Morgan fingerprint density at radius 1 is 1.13 bits per heavy atom. The van der Waals surface area contributed by atoms with Gasteiger partial charge in [-0.2, -0.15) is 27.5 Å². The molecule has 0 saturated carbocycles. The number of hydrogen-bond donors (Lipinski definition) is 1. The van der Waals surface area contributed by atoms with Gasteiger partial charge < -0.3 is 5.73 Å². The van der Waals surface area contributed by atoms with Gasteiger partial charge >= 0.3 is 0 Å². The molecule has 112 valence electrons. The second-order valence-electron chi connectivity index (χ2n) is 5.62. The summed E-state index contributed by atoms with van der Waals surface area (Å²) < 4.78 is 0. The predicted molar refractivity (Wildman–Crippen MR) is 88.6 cm³/mol. The zero-order valence-electron chi connectivity index (χ0n) is 12.4. The van der Waals surface area contributed by atoms with Crippen LogP contribution in [0.2, 0.25) is 0 Å². The Balaban J connectivity index is 2.33. The molecule has 0 unspecified atom stereocenters. The van der Waals surface area contributed by atoms with E-state index in [1.54, 1.807) is 11.8 Å². The zero-order valence-corrected chi connectivity index (χ0v) is 13.2. The molecule has 2 atom stereocenters. The van der Waals surface area contributed by atoms with Crippen molar-refractivity contribution in [3.05, 3.63) is 58.8 Å². The molecule has 1 aliphatic heterocycles. The van der Waals surface area contributed by atoms with Crippen molar-refractivity contribution >= 4 is 11.8 Å². The maximum absolute atomic E-state index is 9.82. The minimum Gasteiger partial charge on any atom is -0.399 e. The molecule has 2 aliphatic rings. The molecular formula is C18H14N4S. The first kappa shape index (κ1) is 15.2. The molecule has 3 rings (SSSR count). The fourth-order valence-corrected chi connectivity index (χ4v) is 4.58. The summed E-state index contributed by atoms with van der Waals surface area (Å²) in [6.07, 6.45) is 2.01. The van der Waals surface area contributed by atoms with Gasteiger partial charge in [-0.1, -0.05) is 36.4 Å². The molecule has 0 spiro atoms. The molecule has 0 radical (unpaired) electrons. The van der Waals surface area contributed by atoms with E-state index in [0.29, 0.717) is 5.57 Å². The molecule has 0 fully saturated rings. The van der Waals surface area contributed by atoms with Gasteiger partial charge in [-0.3, -0.25) is 0 Å². The molecular weight excluding hydrogens is 304 g/mol. The summed E-state index contributed by atoms with van der Waals surface area (Å²) >= 11 is 1.75. The Labute approximate surface area is 139 Å². The van der Waals surface area contributed by atoms with E-state index in [1.165, 1.54) is 0 Å². The topological polar surface area (TPSA) is 97.4 Å². The summed E-state index contributed by atoms with van der Waals surface area (Å²) in [5, 5.41) is 29.2. The Morgan fingerprint density at radius 3 is 2.43 bits per heavy atom. The van der Waals surface area contributed by atoms with E-state index in [-0.39, 0.29) is 17.5 Å². The van der Waals surface area contributed by atoms with E-state index in [9.17, 15) is 15.8 Å². The van der Waals surface area contributed by atoms with Gasteiger partial charge in [0.05, 0.1) is 23.4 Å². The van der Waals surface area contributed by atoms with Crippen molar-refractivity contribution in [3.63, 3.8) is 0 Å². The summed E-state index contributed by atoms with van der Waals surface area (Å²) in [6.45, 7) is 0. The van der Waals surface area contributed by atoms with Crippen molar-refractivity contribution in [2.24, 2.45) is 17.1 Å². The van der Waals surface area contributed by atoms with Gasteiger partial charge in [-0.15, -0.1) is 0 Å². The van der Waals surface area contributed by atoms with Gasteiger partial charge in [0, 0.05) is 23.3 Å². The summed E-state index contributed by atoms with van der Waals surface area (Å²) in [6, 6.07) is 15.9. The molecule has 5 heteroatoms. The lowest BCUT2D eigenvalue weighted by Crippen LogP contribution is -2.43. The van der Waals surface area contributed by atoms with Gasteiger partial charge in [0.1, 0.15) is 6.07 Å². The standard InChI is InChI=1S/C18H14N4S/c19-8-14-13-6-7-23-9-15(13)16(12-4-2-1-3-5-12)18(10-20,11-21)17(14)22/h1-6,15-16H,7,9,22H2/t15-,16-/m0/s1. The van der Waals surface area contributed by atoms with Crippen LogP contribution < -0.4 is 5.73 Å². The van der Waals surface area contributed by atoms with E-state index in [4.69, 9.17) is 5.73 Å². The zero-order chi connectivity index (χ0) is 16.4. The number of nitriles is 3. The lowest BCUT2D eigenvalue weighted by Gasteiger charge is -2.43. The lowest BCUT2D eigenvalue weighted by molar-refractivity contribution is 0.368. The number of allylic oxidation sites excluding steroid dienone is 3. The van der Waals surface area contributed by atoms with Crippen molar-refractivity contribution in [1.29, 1.82) is 15.8 Å². The minimum absolute atomic E-state index is 0.0580. The highest BCUT2D eigenvalue weighted by Gasteiger charge is 2.53. The second kappa shape index (κ2) is 5.84. The normalized spacial score (nSPS) is 25.3. The Hall–Kier alpha value is -2.68. The number of hydrogen-bond acceptors (Lipinski definition) is 5. The summed E-state index contributed by atoms with van der Waals surface area (Å²) in [5.41, 5.74) is 6.88. The van der Waals surface area contributed by atoms with Crippen LogP contribution in [0.5, 0.6) is 0 Å². The third kappa shape index (κ3) is 2.12. The van der Waals surface area contributed by atoms with E-state index >= 15 is 0 Å². The van der Waals surface area contributed by atoms with Crippen LogP contribution in [0.15, 0.2) is 53.3 Å². The molecule has 1 aliphatic carbocycles. The molecule has 0 bridgehead atoms. The quantitative estimate of drug-likeness (QED) is 0.858. The minimum atomic E-state index is -1.51. The highest BCUT2D eigenvalue weighted by Crippen LogP contribution is 2.54. The first-order chi connectivity index (χ1) is 11.2. The fourth-order valence-electron chi connectivity index (χ4n) is 3.52. The lowest BCUT2D eigenvalue weighted by atomic mass is 9.59. The van der Waals surface area contributed by atoms with Crippen LogP contribution in [0.4, 0.5) is 0 Å². The monoisotopic (exact) mass is 318 g/mol. The summed E-state index contributed by atoms with van der Waals surface area (Å²) in [4.78, 5) is 0. The Morgan fingerprint density at radius 2 is 1.83 bits per heavy atom. The third-order valence-corrected chi connectivity index (χ3v) is 5.59. The molecule has 1 aromatic carbocycles. The van der Waals surface area contributed by atoms with Crippen molar-refractivity contribution < 1.29 is 0 Å². The molecule has 1 heterocycles. The molecule has 2 N–H and O–H groups in total. The molecule has 23 heavy (non-hydrogen) atoms. The Kier molecular flexibility index (Phi) is 3.87. The van der Waals surface area contributed by atoms with Crippen LogP contribution >= 0.6 is 11.8 Å². The highest BCUT2D eigenvalue weighted by molar-refractivity contribution is 7.99. The number of fused-ring (bicyclic) bond motifs is 1. The number of thioether (sulfide) groups is 1. The smallest absolute Gasteiger partial charge is 0.191 e. The van der Waals surface area contributed by atoms with E-state index in [0.717, 1.165) is 22.6 Å². The first-order valence-electron chi connectivity index (χ1n) is 7.25. The number of rotatable bonds is 1. The van der Waals surface area contributed by atoms with Crippen LogP contribution in [0.3, 0.4) is 0 Å². The fraction of sp³-hybridized carbons (Fsp3) is 0.278. The van der Waals surface area contributed by atoms with E-state index in [1.807, 2.05) is 36.4 Å². The van der Waals surface area contributed by atoms with Crippen molar-refractivity contribution in [3.8, 4) is 18.2 Å². The number of nitrogens with zero attached hydrogens (tertiary/aromatic N) is 3. The number of nitrogens with two attached hydrogens (primary N) is 1. The van der Waals surface area contributed by atoms with E-state index < -0.39 is 5.41 Å². The van der Waals surface area contributed by atoms with Crippen LogP contribution in [0.25, 0.3) is 0 Å². The SMILES string of the molecule is N#CC1=C(N)C(C#N)(C#N)[C@@H](c2ccccc2)[C@H]2CSCC=C12. The highest BCUT2D eigenvalue weighted by atomic mass is 32.2. The van der Waals surface area contributed by atoms with Crippen LogP contribution in [0.1, 0.15) is 11.5 Å². The molecule has 0 aromatic heterocycles. The molecule has 0 amide bonds. The van der Waals surface area contributed by atoms with Gasteiger partial charge in [0.25, 0.3) is 0 Å². The second-order valence-corrected chi connectivity index (χ2v) is 6.70. The van der Waals surface area contributed by atoms with Gasteiger partial charge in [0.2, 0.25) is 0 Å². The number of benzene rings is 1. The third-order valence-electron chi connectivity index (χ3n) is 4.59. The van der Waals surface area contributed by atoms with Gasteiger partial charge in [0.15, 0.2) is 5.41 Å². The molecule has 4 nitrogen and oxygen atoms in total. The van der Waals surface area contributed by atoms with Gasteiger partial charge in [-0.25, -0.2) is 0 Å². The average Bonchev–Trinajstić information content (AvgIpc) is 2.61. The van der Waals surface area contributed by atoms with Crippen molar-refractivity contribution in [1.82, 2.24) is 0 Å². The molecule has 1 aromatic rings.